The van der Waals surface area contributed by atoms with Gasteiger partial charge in [-0.15, -0.1) is 0 Å². The summed E-state index contributed by atoms with van der Waals surface area (Å²) in [6.07, 6.45) is 2.06. The van der Waals surface area contributed by atoms with E-state index in [0.29, 0.717) is 48.3 Å². The Hall–Kier alpha value is -1.01. The molecule has 0 aromatic heterocycles. The Kier molecular flexibility index (Phi) is 5.87. The number of ether oxygens (including phenoxy) is 1. The number of amides is 1. The predicted molar refractivity (Wildman–Crippen MR) is 93.9 cm³/mol. The summed E-state index contributed by atoms with van der Waals surface area (Å²) in [5.74, 6) is 0.423. The van der Waals surface area contributed by atoms with Crippen molar-refractivity contribution >= 4 is 29.1 Å². The van der Waals surface area contributed by atoms with Crippen LogP contribution in [0.15, 0.2) is 12.1 Å². The van der Waals surface area contributed by atoms with E-state index in [9.17, 15) is 9.90 Å². The lowest BCUT2D eigenvalue weighted by molar-refractivity contribution is -0.135. The van der Waals surface area contributed by atoms with Gasteiger partial charge in [0.15, 0.2) is 0 Å². The molecule has 0 saturated carbocycles. The average Bonchev–Trinajstić information content (AvgIpc) is 2.60. The summed E-state index contributed by atoms with van der Waals surface area (Å²) in [7, 11) is 0. The maximum atomic E-state index is 12.4. The van der Waals surface area contributed by atoms with Gasteiger partial charge in [0.05, 0.1) is 23.3 Å². The first-order chi connectivity index (χ1) is 11.6. The van der Waals surface area contributed by atoms with Crippen LogP contribution in [0.4, 0.5) is 0 Å². The number of phenolic OH excluding ortho intramolecular Hbond substituents is 1. The highest BCUT2D eigenvalue weighted by molar-refractivity contribution is 6.42. The van der Waals surface area contributed by atoms with Gasteiger partial charge in [-0.2, -0.15) is 0 Å². The summed E-state index contributed by atoms with van der Waals surface area (Å²) in [5, 5.41) is 14.5. The largest absolute Gasteiger partial charge is 0.508 e. The van der Waals surface area contributed by atoms with E-state index in [2.05, 4.69) is 5.32 Å². The Balaban J connectivity index is 1.66. The van der Waals surface area contributed by atoms with Crippen LogP contribution in [0.2, 0.25) is 10.0 Å². The first-order valence-electron chi connectivity index (χ1n) is 8.32. The fourth-order valence-electron chi connectivity index (χ4n) is 3.52. The van der Waals surface area contributed by atoms with E-state index in [1.54, 1.807) is 12.1 Å². The zero-order valence-electron chi connectivity index (χ0n) is 13.4. The second-order valence-electron chi connectivity index (χ2n) is 6.36. The van der Waals surface area contributed by atoms with Gasteiger partial charge < -0.3 is 20.1 Å². The highest BCUT2D eigenvalue weighted by Crippen LogP contribution is 2.41. The van der Waals surface area contributed by atoms with Gasteiger partial charge in [-0.05, 0) is 37.4 Å². The van der Waals surface area contributed by atoms with Crippen molar-refractivity contribution in [2.45, 2.75) is 31.2 Å². The Morgan fingerprint density at radius 1 is 1.33 bits per heavy atom. The minimum absolute atomic E-state index is 0.0774. The van der Waals surface area contributed by atoms with E-state index < -0.39 is 0 Å². The van der Waals surface area contributed by atoms with E-state index in [4.69, 9.17) is 27.9 Å². The molecule has 24 heavy (non-hydrogen) atoms. The number of piperidine rings is 1. The van der Waals surface area contributed by atoms with E-state index >= 15 is 0 Å². The van der Waals surface area contributed by atoms with E-state index in [-0.39, 0.29) is 23.6 Å². The highest BCUT2D eigenvalue weighted by atomic mass is 35.5. The van der Waals surface area contributed by atoms with Gasteiger partial charge in [0.2, 0.25) is 5.91 Å². The van der Waals surface area contributed by atoms with Crippen LogP contribution in [0.3, 0.4) is 0 Å². The Morgan fingerprint density at radius 2 is 2.08 bits per heavy atom. The fraction of sp³-hybridized carbons (Fsp3) is 0.588. The summed E-state index contributed by atoms with van der Waals surface area (Å²) in [6, 6.07) is 3.26. The first kappa shape index (κ1) is 17.8. The Labute approximate surface area is 151 Å². The van der Waals surface area contributed by atoms with E-state index in [0.717, 1.165) is 19.4 Å². The quantitative estimate of drug-likeness (QED) is 0.856. The number of nitrogens with zero attached hydrogens (tertiary/aromatic N) is 1. The number of aromatic hydroxyl groups is 1. The van der Waals surface area contributed by atoms with Crippen molar-refractivity contribution in [3.05, 3.63) is 27.7 Å². The van der Waals surface area contributed by atoms with Crippen molar-refractivity contribution < 1.29 is 14.6 Å². The molecule has 2 atom stereocenters. The van der Waals surface area contributed by atoms with Crippen molar-refractivity contribution in [2.24, 2.45) is 0 Å². The molecule has 5 nitrogen and oxygen atoms in total. The summed E-state index contributed by atoms with van der Waals surface area (Å²) in [4.78, 5) is 14.3. The number of nitrogens with one attached hydrogen (secondary N) is 1. The molecular formula is C17H22Cl2N2O3. The monoisotopic (exact) mass is 372 g/mol. The molecule has 2 aliphatic rings. The second kappa shape index (κ2) is 7.91. The normalized spacial score (nSPS) is 24.8. The van der Waals surface area contributed by atoms with E-state index in [1.807, 2.05) is 4.90 Å². The summed E-state index contributed by atoms with van der Waals surface area (Å²) in [6.45, 7) is 3.33. The van der Waals surface area contributed by atoms with Gasteiger partial charge in [-0.25, -0.2) is 0 Å². The second-order valence-corrected chi connectivity index (χ2v) is 7.15. The minimum Gasteiger partial charge on any atom is -0.508 e. The molecule has 0 bridgehead atoms. The van der Waals surface area contributed by atoms with Crippen LogP contribution in [-0.2, 0) is 9.53 Å². The molecule has 2 saturated heterocycles. The Bertz CT molecular complexity index is 606. The van der Waals surface area contributed by atoms with Crippen molar-refractivity contribution in [2.75, 3.05) is 32.8 Å². The molecule has 2 heterocycles. The minimum atomic E-state index is 0.0774. The molecule has 2 aliphatic heterocycles. The summed E-state index contributed by atoms with van der Waals surface area (Å²) >= 11 is 12.4. The predicted octanol–water partition coefficient (Wildman–Crippen LogP) is 2.78. The number of phenols is 1. The number of benzene rings is 1. The number of rotatable bonds is 3. The lowest BCUT2D eigenvalue weighted by Crippen LogP contribution is -2.45. The van der Waals surface area contributed by atoms with Gasteiger partial charge in [0.25, 0.3) is 0 Å². The first-order valence-corrected chi connectivity index (χ1v) is 9.07. The molecule has 0 radical (unpaired) electrons. The third-order valence-corrected chi connectivity index (χ3v) is 5.62. The van der Waals surface area contributed by atoms with Crippen molar-refractivity contribution in [1.29, 1.82) is 0 Å². The molecule has 2 fully saturated rings. The van der Waals surface area contributed by atoms with Crippen LogP contribution >= 0.6 is 23.2 Å². The molecule has 2 N–H and O–H groups in total. The van der Waals surface area contributed by atoms with E-state index in [1.165, 1.54) is 0 Å². The molecule has 0 aliphatic carbocycles. The van der Waals surface area contributed by atoms with Crippen molar-refractivity contribution in [3.8, 4) is 5.75 Å². The lowest BCUT2D eigenvalue weighted by Gasteiger charge is -2.33. The van der Waals surface area contributed by atoms with Crippen molar-refractivity contribution in [1.82, 2.24) is 10.2 Å². The molecular weight excluding hydrogens is 351 g/mol. The standard InChI is InChI=1S/C17H22Cl2N2O3/c18-13-1-2-14(22)16(17(13)19)11-3-4-20-12(9-11)10-15(23)21-5-7-24-8-6-21/h1-2,11-12,20,22H,3-10H2/t11-,12+/m0/s1. The molecule has 7 heteroatoms. The fourth-order valence-corrected chi connectivity index (χ4v) is 4.00. The van der Waals surface area contributed by atoms with Crippen LogP contribution in [0.25, 0.3) is 0 Å². The SMILES string of the molecule is O=C(C[C@H]1C[C@@H](c2c(O)ccc(Cl)c2Cl)CCN1)N1CCOCC1. The smallest absolute Gasteiger partial charge is 0.224 e. The van der Waals surface area contributed by atoms with Crippen molar-refractivity contribution in [3.63, 3.8) is 0 Å². The Morgan fingerprint density at radius 3 is 2.83 bits per heavy atom. The number of halogens is 2. The topological polar surface area (TPSA) is 61.8 Å². The average molecular weight is 373 g/mol. The van der Waals surface area contributed by atoms with Crippen LogP contribution in [-0.4, -0.2) is 54.8 Å². The van der Waals surface area contributed by atoms with Crippen LogP contribution in [0.1, 0.15) is 30.7 Å². The number of carbonyl (C=O) groups excluding carboxylic acids is 1. The molecule has 0 unspecified atom stereocenters. The van der Waals surface area contributed by atoms with Gasteiger partial charge in [-0.3, -0.25) is 4.79 Å². The summed E-state index contributed by atoms with van der Waals surface area (Å²) < 4.78 is 5.29. The molecule has 132 valence electrons. The number of hydrogen-bond donors (Lipinski definition) is 2. The summed E-state index contributed by atoms with van der Waals surface area (Å²) in [5.41, 5.74) is 0.703. The molecule has 0 spiro atoms. The molecule has 3 rings (SSSR count). The molecule has 1 aromatic rings. The van der Waals surface area contributed by atoms with Gasteiger partial charge in [0, 0.05) is 31.1 Å². The number of hydrogen-bond acceptors (Lipinski definition) is 4. The zero-order valence-corrected chi connectivity index (χ0v) is 14.9. The maximum absolute atomic E-state index is 12.4. The van der Waals surface area contributed by atoms with Crippen LogP contribution in [0.5, 0.6) is 5.75 Å². The molecule has 1 aromatic carbocycles. The number of carbonyl (C=O) groups is 1. The zero-order chi connectivity index (χ0) is 17.1. The lowest BCUT2D eigenvalue weighted by atomic mass is 9.84. The van der Waals surface area contributed by atoms with Gasteiger partial charge in [0.1, 0.15) is 5.75 Å². The molecule has 1 amide bonds. The third kappa shape index (κ3) is 3.97. The van der Waals surface area contributed by atoms with Crippen LogP contribution < -0.4 is 5.32 Å². The third-order valence-electron chi connectivity index (χ3n) is 4.80. The van der Waals surface area contributed by atoms with Crippen LogP contribution in [0, 0.1) is 0 Å². The van der Waals surface area contributed by atoms with Gasteiger partial charge >= 0.3 is 0 Å². The highest BCUT2D eigenvalue weighted by Gasteiger charge is 2.29. The van der Waals surface area contributed by atoms with Gasteiger partial charge in [-0.1, -0.05) is 23.2 Å². The maximum Gasteiger partial charge on any atom is 0.224 e. The number of morpholine rings is 1.